The van der Waals surface area contributed by atoms with E-state index >= 15 is 0 Å². The van der Waals surface area contributed by atoms with Crippen molar-refractivity contribution in [2.75, 3.05) is 13.2 Å². The normalized spacial score (nSPS) is 11.2. The average molecular weight is 219 g/mol. The molecule has 0 saturated carbocycles. The molecule has 16 heavy (non-hydrogen) atoms. The van der Waals surface area contributed by atoms with Crippen LogP contribution in [0.1, 0.15) is 11.4 Å². The number of nitrogens with two attached hydrogens (primary N) is 1. The third-order valence-corrected chi connectivity index (χ3v) is 2.68. The quantitative estimate of drug-likeness (QED) is 0.790. The number of aryl methyl sites for hydroxylation is 2. The van der Waals surface area contributed by atoms with Gasteiger partial charge in [0.2, 0.25) is 0 Å². The average Bonchev–Trinajstić information content (AvgIpc) is 2.58. The Labute approximate surface area is 95.0 Å². The summed E-state index contributed by atoms with van der Waals surface area (Å²) < 4.78 is 7.50. The Kier molecular flexibility index (Phi) is 3.22. The number of hydrogen-bond acceptors (Lipinski definition) is 3. The van der Waals surface area contributed by atoms with Crippen molar-refractivity contribution in [3.05, 3.63) is 29.6 Å². The number of aromatic nitrogens is 2. The van der Waals surface area contributed by atoms with E-state index in [1.54, 1.807) is 0 Å². The molecule has 0 bridgehead atoms. The van der Waals surface area contributed by atoms with Crippen molar-refractivity contribution >= 4 is 11.0 Å². The van der Waals surface area contributed by atoms with Crippen molar-refractivity contribution < 1.29 is 4.74 Å². The number of nitrogens with zero attached hydrogens (tertiary/aromatic N) is 2. The molecule has 0 fully saturated rings. The fourth-order valence-electron chi connectivity index (χ4n) is 1.89. The molecule has 4 nitrogen and oxygen atoms in total. The molecule has 1 aromatic heterocycles. The summed E-state index contributed by atoms with van der Waals surface area (Å²) >= 11 is 0. The van der Waals surface area contributed by atoms with Gasteiger partial charge in [-0.2, -0.15) is 0 Å². The number of ether oxygens (including phenoxy) is 1. The van der Waals surface area contributed by atoms with Crippen LogP contribution >= 0.6 is 0 Å². The lowest BCUT2D eigenvalue weighted by molar-refractivity contribution is 0.121. The SMILES string of the molecule is Cc1cccc2nc(COCCN)n(C)c12. The Bertz CT molecular complexity index is 490. The van der Waals surface area contributed by atoms with E-state index in [2.05, 4.69) is 22.5 Å². The van der Waals surface area contributed by atoms with Gasteiger partial charge < -0.3 is 15.0 Å². The van der Waals surface area contributed by atoms with E-state index in [1.807, 2.05) is 19.2 Å². The predicted octanol–water partition coefficient (Wildman–Crippen LogP) is 1.36. The van der Waals surface area contributed by atoms with Crippen LogP contribution in [-0.4, -0.2) is 22.7 Å². The minimum absolute atomic E-state index is 0.516. The number of benzene rings is 1. The van der Waals surface area contributed by atoms with Gasteiger partial charge in [0, 0.05) is 13.6 Å². The molecule has 0 atom stereocenters. The van der Waals surface area contributed by atoms with Crippen LogP contribution in [0.25, 0.3) is 11.0 Å². The Morgan fingerprint density at radius 3 is 2.94 bits per heavy atom. The molecule has 0 radical (unpaired) electrons. The van der Waals surface area contributed by atoms with Gasteiger partial charge in [0.15, 0.2) is 0 Å². The molecule has 0 amide bonds. The largest absolute Gasteiger partial charge is 0.372 e. The summed E-state index contributed by atoms with van der Waals surface area (Å²) in [5.74, 6) is 0.942. The summed E-state index contributed by atoms with van der Waals surface area (Å²) in [6.45, 7) is 3.72. The molecule has 0 aliphatic heterocycles. The van der Waals surface area contributed by atoms with Crippen LogP contribution in [-0.2, 0) is 18.4 Å². The van der Waals surface area contributed by atoms with Gasteiger partial charge >= 0.3 is 0 Å². The molecular formula is C12H17N3O. The first kappa shape index (κ1) is 11.1. The summed E-state index contributed by atoms with van der Waals surface area (Å²) in [4.78, 5) is 4.54. The molecule has 4 heteroatoms. The molecule has 2 rings (SSSR count). The third-order valence-electron chi connectivity index (χ3n) is 2.68. The second-order valence-corrected chi connectivity index (χ2v) is 3.87. The molecule has 2 N–H and O–H groups in total. The van der Waals surface area contributed by atoms with Crippen molar-refractivity contribution in [1.82, 2.24) is 9.55 Å². The van der Waals surface area contributed by atoms with Crippen LogP contribution in [0, 0.1) is 6.92 Å². The lowest BCUT2D eigenvalue weighted by Crippen LogP contribution is -2.10. The summed E-state index contributed by atoms with van der Waals surface area (Å²) in [5, 5.41) is 0. The Morgan fingerprint density at radius 2 is 2.25 bits per heavy atom. The van der Waals surface area contributed by atoms with Crippen molar-refractivity contribution in [1.29, 1.82) is 0 Å². The van der Waals surface area contributed by atoms with Crippen molar-refractivity contribution in [3.63, 3.8) is 0 Å². The standard InChI is InChI=1S/C12H17N3O/c1-9-4-3-5-10-12(9)15(2)11(14-10)8-16-7-6-13/h3-5H,6-8,13H2,1-2H3. The van der Waals surface area contributed by atoms with E-state index in [0.717, 1.165) is 11.3 Å². The van der Waals surface area contributed by atoms with Crippen LogP contribution in [0.4, 0.5) is 0 Å². The first-order valence-corrected chi connectivity index (χ1v) is 5.42. The minimum Gasteiger partial charge on any atom is -0.372 e. The van der Waals surface area contributed by atoms with Crippen LogP contribution < -0.4 is 5.73 Å². The molecule has 1 aromatic carbocycles. The molecule has 0 aliphatic carbocycles. The van der Waals surface area contributed by atoms with E-state index < -0.39 is 0 Å². The van der Waals surface area contributed by atoms with Gasteiger partial charge in [-0.25, -0.2) is 4.98 Å². The minimum atomic E-state index is 0.516. The van der Waals surface area contributed by atoms with Crippen molar-refractivity contribution in [2.45, 2.75) is 13.5 Å². The predicted molar refractivity (Wildman–Crippen MR) is 64.2 cm³/mol. The van der Waals surface area contributed by atoms with Gasteiger partial charge in [-0.05, 0) is 18.6 Å². The van der Waals surface area contributed by atoms with Crippen LogP contribution in [0.5, 0.6) is 0 Å². The zero-order valence-corrected chi connectivity index (χ0v) is 9.73. The second kappa shape index (κ2) is 4.63. The molecule has 0 spiro atoms. The monoisotopic (exact) mass is 219 g/mol. The van der Waals surface area contributed by atoms with Gasteiger partial charge in [0.25, 0.3) is 0 Å². The first-order chi connectivity index (χ1) is 7.74. The van der Waals surface area contributed by atoms with Gasteiger partial charge in [0.1, 0.15) is 12.4 Å². The maximum Gasteiger partial charge on any atom is 0.135 e. The van der Waals surface area contributed by atoms with Crippen LogP contribution in [0.15, 0.2) is 18.2 Å². The summed E-state index contributed by atoms with van der Waals surface area (Å²) in [6, 6.07) is 6.14. The number of para-hydroxylation sites is 1. The molecule has 0 aliphatic rings. The molecule has 86 valence electrons. The van der Waals surface area contributed by atoms with Gasteiger partial charge in [-0.1, -0.05) is 12.1 Å². The number of fused-ring (bicyclic) bond motifs is 1. The topological polar surface area (TPSA) is 53.1 Å². The highest BCUT2D eigenvalue weighted by Gasteiger charge is 2.08. The highest BCUT2D eigenvalue weighted by molar-refractivity contribution is 5.79. The maximum atomic E-state index is 5.41. The molecule has 1 heterocycles. The van der Waals surface area contributed by atoms with E-state index in [1.165, 1.54) is 11.1 Å². The fourth-order valence-corrected chi connectivity index (χ4v) is 1.89. The highest BCUT2D eigenvalue weighted by atomic mass is 16.5. The highest BCUT2D eigenvalue weighted by Crippen LogP contribution is 2.18. The van der Waals surface area contributed by atoms with E-state index in [4.69, 9.17) is 10.5 Å². The molecular weight excluding hydrogens is 202 g/mol. The first-order valence-electron chi connectivity index (χ1n) is 5.42. The number of imidazole rings is 1. The number of rotatable bonds is 4. The zero-order chi connectivity index (χ0) is 11.5. The van der Waals surface area contributed by atoms with E-state index in [-0.39, 0.29) is 0 Å². The summed E-state index contributed by atoms with van der Waals surface area (Å²) in [7, 11) is 2.02. The van der Waals surface area contributed by atoms with Crippen molar-refractivity contribution in [3.8, 4) is 0 Å². The van der Waals surface area contributed by atoms with Crippen LogP contribution in [0.3, 0.4) is 0 Å². The van der Waals surface area contributed by atoms with Gasteiger partial charge in [0.05, 0.1) is 17.6 Å². The van der Waals surface area contributed by atoms with Crippen molar-refractivity contribution in [2.24, 2.45) is 12.8 Å². The Balaban J connectivity index is 2.33. The Morgan fingerprint density at radius 1 is 1.44 bits per heavy atom. The molecule has 0 unspecified atom stereocenters. The maximum absolute atomic E-state index is 5.41. The van der Waals surface area contributed by atoms with Gasteiger partial charge in [-0.15, -0.1) is 0 Å². The molecule has 2 aromatic rings. The zero-order valence-electron chi connectivity index (χ0n) is 9.73. The lowest BCUT2D eigenvalue weighted by Gasteiger charge is -2.04. The lowest BCUT2D eigenvalue weighted by atomic mass is 10.2. The number of hydrogen-bond donors (Lipinski definition) is 1. The van der Waals surface area contributed by atoms with E-state index in [9.17, 15) is 0 Å². The smallest absolute Gasteiger partial charge is 0.135 e. The molecule has 0 saturated heterocycles. The second-order valence-electron chi connectivity index (χ2n) is 3.87. The van der Waals surface area contributed by atoms with Gasteiger partial charge in [-0.3, -0.25) is 0 Å². The van der Waals surface area contributed by atoms with Crippen LogP contribution in [0.2, 0.25) is 0 Å². The third kappa shape index (κ3) is 1.94. The van der Waals surface area contributed by atoms with E-state index in [0.29, 0.717) is 19.8 Å². The summed E-state index contributed by atoms with van der Waals surface area (Å²) in [6.07, 6.45) is 0. The fraction of sp³-hybridized carbons (Fsp3) is 0.417. The summed E-state index contributed by atoms with van der Waals surface area (Å²) in [5.41, 5.74) is 8.81. The Hall–Kier alpha value is -1.39.